The van der Waals surface area contributed by atoms with Crippen LogP contribution >= 0.6 is 11.6 Å². The molecular weight excluding hydrogens is 340 g/mol. The Morgan fingerprint density at radius 3 is 3.08 bits per heavy atom. The van der Waals surface area contributed by atoms with Crippen LogP contribution in [0.25, 0.3) is 5.57 Å². The van der Waals surface area contributed by atoms with Crippen LogP contribution in [0.5, 0.6) is 0 Å². The number of fused-ring (bicyclic) bond motifs is 1. The molecule has 0 fully saturated rings. The average Bonchev–Trinajstić information content (AvgIpc) is 3.05. The normalized spacial score (nSPS) is 17.0. The molecule has 0 unspecified atom stereocenters. The number of halogens is 1. The second kappa shape index (κ2) is 6.90. The van der Waals surface area contributed by atoms with Crippen LogP contribution in [0.3, 0.4) is 0 Å². The number of rotatable bonds is 2. The maximum Gasteiger partial charge on any atom is 0.322 e. The van der Waals surface area contributed by atoms with E-state index < -0.39 is 0 Å². The summed E-state index contributed by atoms with van der Waals surface area (Å²) in [6, 6.07) is 7.04. The molecule has 2 aliphatic rings. The maximum atomic E-state index is 12.6. The molecule has 0 spiro atoms. The Morgan fingerprint density at radius 2 is 2.28 bits per heavy atom. The van der Waals surface area contributed by atoms with Crippen LogP contribution in [-0.4, -0.2) is 40.9 Å². The van der Waals surface area contributed by atoms with Crippen molar-refractivity contribution in [3.63, 3.8) is 0 Å². The number of carbonyl (C=O) groups is 1. The van der Waals surface area contributed by atoms with Gasteiger partial charge in [0.25, 0.3) is 0 Å². The monoisotopic (exact) mass is 358 g/mol. The van der Waals surface area contributed by atoms with Crippen LogP contribution in [0.2, 0.25) is 5.02 Å². The van der Waals surface area contributed by atoms with Crippen LogP contribution in [0.15, 0.2) is 30.3 Å². The van der Waals surface area contributed by atoms with Gasteiger partial charge in [0.05, 0.1) is 25.5 Å². The predicted molar refractivity (Wildman–Crippen MR) is 96.6 cm³/mol. The smallest absolute Gasteiger partial charge is 0.322 e. The lowest BCUT2D eigenvalue weighted by atomic mass is 9.99. The lowest BCUT2D eigenvalue weighted by Crippen LogP contribution is -2.39. The first kappa shape index (κ1) is 16.2. The fourth-order valence-electron chi connectivity index (χ4n) is 3.24. The first-order valence-corrected chi connectivity index (χ1v) is 8.73. The van der Waals surface area contributed by atoms with E-state index in [4.69, 9.17) is 16.3 Å². The van der Waals surface area contributed by atoms with E-state index in [9.17, 15) is 4.79 Å². The van der Waals surface area contributed by atoms with E-state index in [1.165, 1.54) is 5.57 Å². The summed E-state index contributed by atoms with van der Waals surface area (Å²) >= 11 is 5.98. The summed E-state index contributed by atoms with van der Waals surface area (Å²) in [6.45, 7) is 2.54. The zero-order chi connectivity index (χ0) is 17.2. The molecule has 130 valence electrons. The van der Waals surface area contributed by atoms with Gasteiger partial charge in [0.2, 0.25) is 0 Å². The molecule has 0 radical (unpaired) electrons. The highest BCUT2D eigenvalue weighted by atomic mass is 35.5. The number of amides is 2. The highest BCUT2D eigenvalue weighted by Gasteiger charge is 2.26. The van der Waals surface area contributed by atoms with Gasteiger partial charge in [-0.3, -0.25) is 5.10 Å². The maximum absolute atomic E-state index is 12.6. The summed E-state index contributed by atoms with van der Waals surface area (Å²) in [5, 5.41) is 11.1. The molecule has 0 aliphatic carbocycles. The number of benzene rings is 1. The van der Waals surface area contributed by atoms with Crippen molar-refractivity contribution in [2.75, 3.05) is 25.1 Å². The van der Waals surface area contributed by atoms with Gasteiger partial charge in [-0.2, -0.15) is 5.10 Å². The fraction of sp³-hybridized carbons (Fsp3) is 0.333. The molecule has 0 atom stereocenters. The van der Waals surface area contributed by atoms with Gasteiger partial charge in [-0.1, -0.05) is 23.7 Å². The SMILES string of the molecule is O=C(Nc1cccc(Cl)c1)N1CCc2[nH]nc(C3=CCOCC3)c2C1. The van der Waals surface area contributed by atoms with Crippen LogP contribution < -0.4 is 5.32 Å². The molecule has 1 aromatic carbocycles. The molecule has 7 heteroatoms. The van der Waals surface area contributed by atoms with Crippen molar-refractivity contribution in [3.8, 4) is 0 Å². The highest BCUT2D eigenvalue weighted by molar-refractivity contribution is 6.30. The number of aromatic nitrogens is 2. The molecule has 2 N–H and O–H groups in total. The van der Waals surface area contributed by atoms with Crippen LogP contribution in [0.1, 0.15) is 23.4 Å². The van der Waals surface area contributed by atoms with E-state index in [0.717, 1.165) is 29.8 Å². The molecule has 4 rings (SSSR count). The van der Waals surface area contributed by atoms with Gasteiger partial charge in [0, 0.05) is 34.9 Å². The molecule has 0 saturated carbocycles. The quantitative estimate of drug-likeness (QED) is 0.863. The Morgan fingerprint density at radius 1 is 1.36 bits per heavy atom. The van der Waals surface area contributed by atoms with Gasteiger partial charge in [0.1, 0.15) is 0 Å². The number of nitrogens with one attached hydrogen (secondary N) is 2. The van der Waals surface area contributed by atoms with E-state index in [0.29, 0.717) is 37.0 Å². The Hall–Kier alpha value is -2.31. The zero-order valence-electron chi connectivity index (χ0n) is 13.7. The van der Waals surface area contributed by atoms with Gasteiger partial charge >= 0.3 is 6.03 Å². The van der Waals surface area contributed by atoms with Crippen molar-refractivity contribution in [1.29, 1.82) is 0 Å². The summed E-state index contributed by atoms with van der Waals surface area (Å²) in [7, 11) is 0. The molecule has 0 saturated heterocycles. The molecule has 2 amide bonds. The minimum absolute atomic E-state index is 0.124. The van der Waals surface area contributed by atoms with Gasteiger partial charge in [-0.25, -0.2) is 4.79 Å². The van der Waals surface area contributed by atoms with E-state index >= 15 is 0 Å². The van der Waals surface area contributed by atoms with E-state index in [1.54, 1.807) is 12.1 Å². The first-order valence-electron chi connectivity index (χ1n) is 8.35. The van der Waals surface area contributed by atoms with Crippen LogP contribution in [0, 0.1) is 0 Å². The Bertz CT molecular complexity index is 830. The van der Waals surface area contributed by atoms with Crippen LogP contribution in [-0.2, 0) is 17.7 Å². The number of nitrogens with zero attached hydrogens (tertiary/aromatic N) is 2. The van der Waals surface area contributed by atoms with Gasteiger partial charge < -0.3 is 15.0 Å². The second-order valence-corrected chi connectivity index (χ2v) is 6.63. The summed E-state index contributed by atoms with van der Waals surface area (Å²) < 4.78 is 5.38. The summed E-state index contributed by atoms with van der Waals surface area (Å²) in [5.74, 6) is 0. The predicted octanol–water partition coefficient (Wildman–Crippen LogP) is 3.46. The number of urea groups is 1. The molecule has 6 nitrogen and oxygen atoms in total. The van der Waals surface area contributed by atoms with E-state index in [-0.39, 0.29) is 6.03 Å². The van der Waals surface area contributed by atoms with E-state index in [1.807, 2.05) is 17.0 Å². The number of H-pyrrole nitrogens is 1. The molecular formula is C18H19ClN4O2. The van der Waals surface area contributed by atoms with Crippen molar-refractivity contribution < 1.29 is 9.53 Å². The Labute approximate surface area is 150 Å². The minimum atomic E-state index is -0.124. The lowest BCUT2D eigenvalue weighted by molar-refractivity contribution is 0.161. The number of hydrogen-bond donors (Lipinski definition) is 2. The Kier molecular flexibility index (Phi) is 4.46. The summed E-state index contributed by atoms with van der Waals surface area (Å²) in [4.78, 5) is 14.4. The largest absolute Gasteiger partial charge is 0.377 e. The third-order valence-corrected chi connectivity index (χ3v) is 4.80. The van der Waals surface area contributed by atoms with Gasteiger partial charge in [-0.05, 0) is 30.2 Å². The molecule has 0 bridgehead atoms. The number of aromatic amines is 1. The number of anilines is 1. The average molecular weight is 359 g/mol. The molecule has 3 heterocycles. The zero-order valence-corrected chi connectivity index (χ0v) is 14.5. The van der Waals surface area contributed by atoms with Gasteiger partial charge in [0.15, 0.2) is 0 Å². The standard InChI is InChI=1S/C18H19ClN4O2/c19-13-2-1-3-14(10-13)20-18(24)23-7-4-16-15(11-23)17(22-21-16)12-5-8-25-9-6-12/h1-3,5,10H,4,6-9,11H2,(H,20,24)(H,21,22). The topological polar surface area (TPSA) is 70.2 Å². The lowest BCUT2D eigenvalue weighted by Gasteiger charge is -2.27. The number of hydrogen-bond acceptors (Lipinski definition) is 3. The second-order valence-electron chi connectivity index (χ2n) is 6.20. The van der Waals surface area contributed by atoms with Gasteiger partial charge in [-0.15, -0.1) is 0 Å². The van der Waals surface area contributed by atoms with Crippen molar-refractivity contribution in [2.45, 2.75) is 19.4 Å². The Balaban J connectivity index is 1.51. The highest BCUT2D eigenvalue weighted by Crippen LogP contribution is 2.29. The van der Waals surface area contributed by atoms with Crippen molar-refractivity contribution in [3.05, 3.63) is 52.3 Å². The molecule has 25 heavy (non-hydrogen) atoms. The third-order valence-electron chi connectivity index (χ3n) is 4.56. The molecule has 1 aromatic heterocycles. The fourth-order valence-corrected chi connectivity index (χ4v) is 3.44. The minimum Gasteiger partial charge on any atom is -0.377 e. The molecule has 2 aromatic rings. The molecule has 2 aliphatic heterocycles. The van der Waals surface area contributed by atoms with Crippen molar-refractivity contribution >= 4 is 28.9 Å². The van der Waals surface area contributed by atoms with Crippen molar-refractivity contribution in [1.82, 2.24) is 15.1 Å². The summed E-state index contributed by atoms with van der Waals surface area (Å²) in [6.07, 6.45) is 3.70. The van der Waals surface area contributed by atoms with Crippen molar-refractivity contribution in [2.24, 2.45) is 0 Å². The van der Waals surface area contributed by atoms with E-state index in [2.05, 4.69) is 21.6 Å². The number of ether oxygens (including phenoxy) is 1. The number of carbonyl (C=O) groups excluding carboxylic acids is 1. The summed E-state index contributed by atoms with van der Waals surface area (Å²) in [5.41, 5.74) is 5.09. The van der Waals surface area contributed by atoms with Crippen LogP contribution in [0.4, 0.5) is 10.5 Å². The third kappa shape index (κ3) is 3.41. The first-order chi connectivity index (χ1) is 12.2.